The topological polar surface area (TPSA) is 100 Å². The van der Waals surface area contributed by atoms with Crippen molar-refractivity contribution in [1.82, 2.24) is 10.0 Å². The van der Waals surface area contributed by atoms with Crippen molar-refractivity contribution in [3.05, 3.63) is 71.0 Å². The number of ether oxygens (including phenoxy) is 1. The van der Waals surface area contributed by atoms with Crippen LogP contribution in [0.15, 0.2) is 53.5 Å². The Balaban J connectivity index is 1.86. The number of aliphatic hydroxyl groups is 1. The van der Waals surface area contributed by atoms with E-state index in [0.29, 0.717) is 5.56 Å². The number of benzene rings is 2. The molecule has 2 atom stereocenters. The van der Waals surface area contributed by atoms with Gasteiger partial charge in [-0.05, 0) is 63.9 Å². The monoisotopic (exact) mass is 477 g/mol. The lowest BCUT2D eigenvalue weighted by atomic mass is 9.96. The predicted molar refractivity (Wildman–Crippen MR) is 127 cm³/mol. The molecule has 3 N–H and O–H groups in total. The molecule has 1 aliphatic rings. The number of aliphatic hydroxyl groups excluding tert-OH is 1. The summed E-state index contributed by atoms with van der Waals surface area (Å²) in [6.45, 7) is 4.05. The summed E-state index contributed by atoms with van der Waals surface area (Å²) in [6.07, 6.45) is 2.01. The van der Waals surface area contributed by atoms with Crippen molar-refractivity contribution < 1.29 is 22.7 Å². The first-order valence-electron chi connectivity index (χ1n) is 11.0. The normalized spacial score (nSPS) is 21.2. The summed E-state index contributed by atoms with van der Waals surface area (Å²) in [4.78, 5) is 4.33. The molecule has 0 aliphatic carbocycles. The summed E-state index contributed by atoms with van der Waals surface area (Å²) in [5.74, 6) is -0.481. The smallest absolute Gasteiger partial charge is 0.299 e. The Hall–Kier alpha value is -2.49. The Morgan fingerprint density at radius 1 is 1.21 bits per heavy atom. The maximum Gasteiger partial charge on any atom is 0.299 e. The first-order valence-corrected chi connectivity index (χ1v) is 12.6. The number of halogens is 1. The van der Waals surface area contributed by atoms with E-state index in [1.807, 2.05) is 31.3 Å². The number of aliphatic imine (C=N–C) groups is 1. The number of amidine groups is 1. The molecule has 1 aliphatic heterocycles. The van der Waals surface area contributed by atoms with Crippen LogP contribution in [0.1, 0.15) is 54.7 Å². The molecule has 9 heteroatoms. The fourth-order valence-electron chi connectivity index (χ4n) is 4.14. The number of aryl methyl sites for hydroxylation is 1. The fraction of sp³-hybridized carbons (Fsp3) is 0.458. The van der Waals surface area contributed by atoms with Crippen LogP contribution >= 0.6 is 0 Å². The van der Waals surface area contributed by atoms with Crippen LogP contribution in [0, 0.1) is 5.82 Å². The lowest BCUT2D eigenvalue weighted by Gasteiger charge is -2.39. The highest BCUT2D eigenvalue weighted by atomic mass is 32.2. The molecule has 2 aromatic rings. The largest absolute Gasteiger partial charge is 0.457 e. The average molecular weight is 478 g/mol. The molecule has 0 amide bonds. The molecule has 180 valence electrons. The molecule has 0 radical (unpaired) electrons. The molecule has 1 heterocycles. The van der Waals surface area contributed by atoms with Gasteiger partial charge in [-0.25, -0.2) is 22.5 Å². The van der Waals surface area contributed by atoms with Gasteiger partial charge in [-0.3, -0.25) is 0 Å². The minimum absolute atomic E-state index is 0.119. The Morgan fingerprint density at radius 2 is 1.91 bits per heavy atom. The molecule has 1 fully saturated rings. The van der Waals surface area contributed by atoms with E-state index in [0.717, 1.165) is 24.9 Å². The molecule has 1 unspecified atom stereocenters. The van der Waals surface area contributed by atoms with Gasteiger partial charge in [-0.2, -0.15) is 0 Å². The summed E-state index contributed by atoms with van der Waals surface area (Å²) in [6, 6.07) is 12.6. The van der Waals surface area contributed by atoms with Crippen molar-refractivity contribution in [3.8, 4) is 0 Å². The van der Waals surface area contributed by atoms with E-state index in [2.05, 4.69) is 15.0 Å². The third kappa shape index (κ3) is 6.10. The second-order valence-electron chi connectivity index (χ2n) is 8.67. The first kappa shape index (κ1) is 25.1. The van der Waals surface area contributed by atoms with Crippen LogP contribution in [-0.2, 0) is 21.2 Å². The molecule has 3 rings (SSSR count). The fourth-order valence-corrected chi connectivity index (χ4v) is 5.90. The van der Waals surface area contributed by atoms with Gasteiger partial charge in [0.15, 0.2) is 0 Å². The minimum Gasteiger partial charge on any atom is -0.457 e. The molecule has 2 aromatic carbocycles. The highest BCUT2D eigenvalue weighted by Crippen LogP contribution is 2.39. The number of rotatable bonds is 9. The first-order chi connectivity index (χ1) is 15.7. The molecular weight excluding hydrogens is 445 g/mol. The highest BCUT2D eigenvalue weighted by Gasteiger charge is 2.48. The quantitative estimate of drug-likeness (QED) is 0.482. The van der Waals surface area contributed by atoms with E-state index >= 15 is 0 Å². The number of nitrogens with one attached hydrogen (secondary N) is 2. The Labute approximate surface area is 195 Å². The van der Waals surface area contributed by atoms with Crippen LogP contribution in [0.25, 0.3) is 0 Å². The number of nitrogens with zero attached hydrogens (tertiary/aromatic N) is 1. The van der Waals surface area contributed by atoms with E-state index in [-0.39, 0.29) is 24.6 Å². The number of hydrogen-bond acceptors (Lipinski definition) is 6. The van der Waals surface area contributed by atoms with E-state index in [4.69, 9.17) is 4.74 Å². The second kappa shape index (κ2) is 10.6. The molecule has 0 spiro atoms. The molecule has 0 saturated carbocycles. The van der Waals surface area contributed by atoms with Crippen LogP contribution in [0.5, 0.6) is 0 Å². The summed E-state index contributed by atoms with van der Waals surface area (Å²) in [7, 11) is -1.98. The summed E-state index contributed by atoms with van der Waals surface area (Å²) in [5, 5.41) is 11.6. The van der Waals surface area contributed by atoms with Crippen molar-refractivity contribution in [2.45, 2.75) is 50.0 Å². The van der Waals surface area contributed by atoms with Crippen molar-refractivity contribution in [1.29, 1.82) is 0 Å². The predicted octanol–water partition coefficient (Wildman–Crippen LogP) is 3.23. The third-order valence-corrected chi connectivity index (χ3v) is 7.57. The minimum atomic E-state index is -3.89. The van der Waals surface area contributed by atoms with Gasteiger partial charge in [0.05, 0.1) is 6.04 Å². The summed E-state index contributed by atoms with van der Waals surface area (Å²) in [5.41, 5.74) is 0.878. The van der Waals surface area contributed by atoms with Crippen LogP contribution < -0.4 is 10.0 Å². The summed E-state index contributed by atoms with van der Waals surface area (Å²) >= 11 is 0. The zero-order valence-electron chi connectivity index (χ0n) is 19.2. The van der Waals surface area contributed by atoms with E-state index < -0.39 is 32.7 Å². The van der Waals surface area contributed by atoms with Gasteiger partial charge in [0.2, 0.25) is 10.0 Å². The average Bonchev–Trinajstić information content (AvgIpc) is 2.73. The van der Waals surface area contributed by atoms with Gasteiger partial charge < -0.3 is 15.2 Å². The molecule has 1 saturated heterocycles. The zero-order chi connectivity index (χ0) is 24.1. The second-order valence-corrected chi connectivity index (χ2v) is 10.4. The maximum atomic E-state index is 14.3. The maximum absolute atomic E-state index is 14.3. The van der Waals surface area contributed by atoms with Crippen LogP contribution in [0.4, 0.5) is 4.39 Å². The third-order valence-electron chi connectivity index (χ3n) is 5.65. The Kier molecular flexibility index (Phi) is 8.10. The molecule has 7 nitrogen and oxygen atoms in total. The number of hydrogen-bond donors (Lipinski definition) is 3. The molecule has 33 heavy (non-hydrogen) atoms. The van der Waals surface area contributed by atoms with E-state index in [1.165, 1.54) is 6.07 Å². The Morgan fingerprint density at radius 3 is 2.52 bits per heavy atom. The van der Waals surface area contributed by atoms with Crippen molar-refractivity contribution in [3.63, 3.8) is 0 Å². The van der Waals surface area contributed by atoms with Crippen LogP contribution in [0.3, 0.4) is 0 Å². The molecule has 0 bridgehead atoms. The standard InChI is InChI=1S/C24H32FN3O4S/c1-24(2)22(18-12-10-17(11-13-18)7-6-15-26-3)33(30,31)28-23(32-24)27-21(14-16-29)19-8-4-5-9-20(19)25/h4-5,8-13,21-22,26,29H,6-7,14-16H2,1-3H3,(H,27,28)/t21-,22?/m0/s1. The van der Waals surface area contributed by atoms with Gasteiger partial charge >= 0.3 is 0 Å². The Bertz CT molecular complexity index is 1070. The van der Waals surface area contributed by atoms with E-state index in [1.54, 1.807) is 32.0 Å². The van der Waals surface area contributed by atoms with Crippen LogP contribution in [0.2, 0.25) is 0 Å². The van der Waals surface area contributed by atoms with Gasteiger partial charge in [-0.15, -0.1) is 0 Å². The lowest BCUT2D eigenvalue weighted by molar-refractivity contribution is 0.0758. The van der Waals surface area contributed by atoms with Crippen LogP contribution in [-0.4, -0.2) is 45.3 Å². The molecule has 0 aromatic heterocycles. The van der Waals surface area contributed by atoms with Gasteiger partial charge in [0.25, 0.3) is 6.02 Å². The van der Waals surface area contributed by atoms with Gasteiger partial charge in [0.1, 0.15) is 16.7 Å². The van der Waals surface area contributed by atoms with Gasteiger partial charge in [0, 0.05) is 12.2 Å². The SMILES string of the molecule is CNCCCc1ccc(C2C(C)(C)OC(=N[C@@H](CCO)c3ccccc3F)NS2(=O)=O)cc1. The lowest BCUT2D eigenvalue weighted by Crippen LogP contribution is -2.53. The molecular formula is C24H32FN3O4S. The van der Waals surface area contributed by atoms with Crippen molar-refractivity contribution in [2.75, 3.05) is 20.2 Å². The van der Waals surface area contributed by atoms with Crippen molar-refractivity contribution in [2.24, 2.45) is 4.99 Å². The summed E-state index contributed by atoms with van der Waals surface area (Å²) < 4.78 is 49.2. The van der Waals surface area contributed by atoms with Gasteiger partial charge in [-0.1, -0.05) is 42.5 Å². The highest BCUT2D eigenvalue weighted by molar-refractivity contribution is 7.90. The zero-order valence-corrected chi connectivity index (χ0v) is 20.0. The number of sulfonamides is 1. The van der Waals surface area contributed by atoms with Crippen molar-refractivity contribution >= 4 is 16.0 Å². The van der Waals surface area contributed by atoms with E-state index in [9.17, 15) is 17.9 Å².